The first kappa shape index (κ1) is 11.6. The minimum absolute atomic E-state index is 0.656. The second kappa shape index (κ2) is 4.95. The molecule has 1 saturated carbocycles. The molecule has 2 rings (SSSR count). The molecular weight excluding hydrogens is 200 g/mol. The highest BCUT2D eigenvalue weighted by Gasteiger charge is 2.26. The molecule has 4 nitrogen and oxygen atoms in total. The van der Waals surface area contributed by atoms with Gasteiger partial charge in [-0.1, -0.05) is 13.3 Å². The van der Waals surface area contributed by atoms with E-state index in [0.717, 1.165) is 30.5 Å². The zero-order chi connectivity index (χ0) is 11.5. The Hall–Kier alpha value is -0.900. The van der Waals surface area contributed by atoms with E-state index in [1.165, 1.54) is 19.3 Å². The van der Waals surface area contributed by atoms with Crippen LogP contribution in [0.1, 0.15) is 44.8 Å². The number of rotatable bonds is 5. The lowest BCUT2D eigenvalue weighted by Crippen LogP contribution is -2.38. The van der Waals surface area contributed by atoms with E-state index in [-0.39, 0.29) is 0 Å². The summed E-state index contributed by atoms with van der Waals surface area (Å²) in [6.45, 7) is 5.28. The predicted molar refractivity (Wildman–Crippen MR) is 64.0 cm³/mol. The van der Waals surface area contributed by atoms with Gasteiger partial charge in [-0.25, -0.2) is 4.98 Å². The summed E-state index contributed by atoms with van der Waals surface area (Å²) in [7, 11) is 2.18. The quantitative estimate of drug-likeness (QED) is 0.828. The fraction of sp³-hybridized carbons (Fsp3) is 0.833. The van der Waals surface area contributed by atoms with Gasteiger partial charge in [0.1, 0.15) is 11.6 Å². The minimum Gasteiger partial charge on any atom is -0.296 e. The summed E-state index contributed by atoms with van der Waals surface area (Å²) >= 11 is 0. The van der Waals surface area contributed by atoms with Crippen LogP contribution in [0.3, 0.4) is 0 Å². The zero-order valence-electron chi connectivity index (χ0n) is 10.5. The molecule has 0 spiro atoms. The Morgan fingerprint density at radius 1 is 1.50 bits per heavy atom. The van der Waals surface area contributed by atoms with Crippen molar-refractivity contribution in [2.75, 3.05) is 7.05 Å². The molecule has 1 fully saturated rings. The molecule has 0 unspecified atom stereocenters. The van der Waals surface area contributed by atoms with Crippen LogP contribution in [-0.4, -0.2) is 33.2 Å². The average molecular weight is 222 g/mol. The lowest BCUT2D eigenvalue weighted by atomic mass is 9.80. The summed E-state index contributed by atoms with van der Waals surface area (Å²) in [4.78, 5) is 6.82. The van der Waals surface area contributed by atoms with E-state index in [2.05, 4.69) is 41.0 Å². The smallest absolute Gasteiger partial charge is 0.150 e. The van der Waals surface area contributed by atoms with Crippen molar-refractivity contribution in [3.05, 3.63) is 11.6 Å². The van der Waals surface area contributed by atoms with E-state index in [1.54, 1.807) is 0 Å². The summed E-state index contributed by atoms with van der Waals surface area (Å²) < 4.78 is 0. The molecule has 0 amide bonds. The largest absolute Gasteiger partial charge is 0.296 e. The first-order valence-electron chi connectivity index (χ1n) is 6.31. The number of hydrogen-bond donors (Lipinski definition) is 1. The van der Waals surface area contributed by atoms with Crippen LogP contribution in [0.2, 0.25) is 0 Å². The van der Waals surface area contributed by atoms with Gasteiger partial charge >= 0.3 is 0 Å². The third-order valence-electron chi connectivity index (χ3n) is 3.82. The maximum atomic E-state index is 4.45. The molecule has 0 saturated heterocycles. The second-order valence-corrected chi connectivity index (χ2v) is 4.90. The van der Waals surface area contributed by atoms with E-state index in [9.17, 15) is 0 Å². The number of nitrogens with one attached hydrogen (secondary N) is 1. The van der Waals surface area contributed by atoms with Gasteiger partial charge in [-0.15, -0.1) is 0 Å². The van der Waals surface area contributed by atoms with Crippen LogP contribution < -0.4 is 0 Å². The molecule has 1 atom stereocenters. The minimum atomic E-state index is 0.656. The average Bonchev–Trinajstić information content (AvgIpc) is 2.62. The third-order valence-corrected chi connectivity index (χ3v) is 3.82. The molecule has 4 heteroatoms. The molecule has 1 aromatic heterocycles. The van der Waals surface area contributed by atoms with Gasteiger partial charge in [0.05, 0.1) is 6.54 Å². The van der Waals surface area contributed by atoms with Crippen molar-refractivity contribution in [1.29, 1.82) is 0 Å². The molecule has 0 aromatic carbocycles. The Balaban J connectivity index is 1.87. The standard InChI is InChI=1S/C12H22N4/c1-4-11-13-12(15-14-11)8-16(3)9(2)10-6-5-7-10/h9-10H,4-8H2,1-3H3,(H,13,14,15)/t9-/m1/s1. The molecule has 1 N–H and O–H groups in total. The van der Waals surface area contributed by atoms with Crippen LogP contribution in [0, 0.1) is 5.92 Å². The predicted octanol–water partition coefficient (Wildman–Crippen LogP) is 1.99. The van der Waals surface area contributed by atoms with E-state index >= 15 is 0 Å². The van der Waals surface area contributed by atoms with Crippen molar-refractivity contribution in [3.8, 4) is 0 Å². The van der Waals surface area contributed by atoms with Gasteiger partial charge < -0.3 is 0 Å². The Labute approximate surface area is 97.5 Å². The third kappa shape index (κ3) is 2.43. The first-order chi connectivity index (χ1) is 7.70. The number of aryl methyl sites for hydroxylation is 1. The highest BCUT2D eigenvalue weighted by Crippen LogP contribution is 2.31. The van der Waals surface area contributed by atoms with Crippen molar-refractivity contribution in [2.45, 2.75) is 52.1 Å². The highest BCUT2D eigenvalue weighted by atomic mass is 15.2. The lowest BCUT2D eigenvalue weighted by molar-refractivity contribution is 0.124. The number of aromatic nitrogens is 3. The molecule has 1 aliphatic carbocycles. The van der Waals surface area contributed by atoms with Crippen molar-refractivity contribution >= 4 is 0 Å². The summed E-state index contributed by atoms with van der Waals surface area (Å²) in [6.07, 6.45) is 5.09. The number of hydrogen-bond acceptors (Lipinski definition) is 3. The molecule has 1 aliphatic rings. The number of aromatic amines is 1. The van der Waals surface area contributed by atoms with Crippen molar-refractivity contribution in [3.63, 3.8) is 0 Å². The normalized spacial score (nSPS) is 18.8. The SMILES string of the molecule is CCc1n[nH]c(CN(C)[C@H](C)C2CCC2)n1. The number of nitrogens with zero attached hydrogens (tertiary/aromatic N) is 3. The summed E-state index contributed by atoms with van der Waals surface area (Å²) in [5, 5.41) is 7.18. The Morgan fingerprint density at radius 2 is 2.25 bits per heavy atom. The fourth-order valence-corrected chi connectivity index (χ4v) is 2.23. The van der Waals surface area contributed by atoms with Crippen molar-refractivity contribution in [2.24, 2.45) is 5.92 Å². The monoisotopic (exact) mass is 222 g/mol. The van der Waals surface area contributed by atoms with Gasteiger partial charge in [0.25, 0.3) is 0 Å². The Kier molecular flexibility index (Phi) is 3.59. The molecular formula is C12H22N4. The molecule has 16 heavy (non-hydrogen) atoms. The molecule has 0 radical (unpaired) electrons. The maximum Gasteiger partial charge on any atom is 0.150 e. The summed E-state index contributed by atoms with van der Waals surface area (Å²) in [5.74, 6) is 2.80. The topological polar surface area (TPSA) is 44.8 Å². The van der Waals surface area contributed by atoms with Gasteiger partial charge in [0.2, 0.25) is 0 Å². The molecule has 0 aliphatic heterocycles. The molecule has 1 heterocycles. The van der Waals surface area contributed by atoms with Gasteiger partial charge in [0, 0.05) is 12.5 Å². The summed E-state index contributed by atoms with van der Waals surface area (Å²) in [6, 6.07) is 0.656. The Morgan fingerprint density at radius 3 is 2.75 bits per heavy atom. The van der Waals surface area contributed by atoms with Gasteiger partial charge in [0.15, 0.2) is 0 Å². The second-order valence-electron chi connectivity index (χ2n) is 4.90. The number of H-pyrrole nitrogens is 1. The van der Waals surface area contributed by atoms with Crippen LogP contribution in [0.25, 0.3) is 0 Å². The van der Waals surface area contributed by atoms with Crippen molar-refractivity contribution in [1.82, 2.24) is 20.1 Å². The zero-order valence-corrected chi connectivity index (χ0v) is 10.5. The van der Waals surface area contributed by atoms with E-state index < -0.39 is 0 Å². The molecule has 0 bridgehead atoms. The van der Waals surface area contributed by atoms with E-state index in [4.69, 9.17) is 0 Å². The van der Waals surface area contributed by atoms with Crippen LogP contribution in [-0.2, 0) is 13.0 Å². The van der Waals surface area contributed by atoms with Crippen LogP contribution in [0.15, 0.2) is 0 Å². The molecule has 90 valence electrons. The first-order valence-corrected chi connectivity index (χ1v) is 6.31. The van der Waals surface area contributed by atoms with Gasteiger partial charge in [-0.05, 0) is 32.7 Å². The van der Waals surface area contributed by atoms with E-state index in [1.807, 2.05) is 0 Å². The van der Waals surface area contributed by atoms with Crippen molar-refractivity contribution < 1.29 is 0 Å². The van der Waals surface area contributed by atoms with Crippen LogP contribution in [0.4, 0.5) is 0 Å². The van der Waals surface area contributed by atoms with Crippen LogP contribution in [0.5, 0.6) is 0 Å². The highest BCUT2D eigenvalue weighted by molar-refractivity contribution is 4.91. The van der Waals surface area contributed by atoms with E-state index in [0.29, 0.717) is 6.04 Å². The van der Waals surface area contributed by atoms with Gasteiger partial charge in [-0.3, -0.25) is 10.00 Å². The lowest BCUT2D eigenvalue weighted by Gasteiger charge is -2.36. The molecule has 1 aromatic rings. The Bertz CT molecular complexity index is 330. The fourth-order valence-electron chi connectivity index (χ4n) is 2.23. The van der Waals surface area contributed by atoms with Crippen LogP contribution >= 0.6 is 0 Å². The van der Waals surface area contributed by atoms with Gasteiger partial charge in [-0.2, -0.15) is 5.10 Å². The summed E-state index contributed by atoms with van der Waals surface area (Å²) in [5.41, 5.74) is 0. The maximum absolute atomic E-state index is 4.45.